The quantitative estimate of drug-likeness (QED) is 0.912. The molecular formula is C16H26N2O2S. The number of rotatable bonds is 2. The van der Waals surface area contributed by atoms with Crippen molar-refractivity contribution in [3.05, 3.63) is 29.8 Å². The molecule has 1 aliphatic heterocycles. The fraction of sp³-hybridized carbons (Fsp3) is 0.625. The van der Waals surface area contributed by atoms with E-state index < -0.39 is 15.6 Å². The molecule has 0 amide bonds. The van der Waals surface area contributed by atoms with Crippen molar-refractivity contribution in [2.75, 3.05) is 19.6 Å². The van der Waals surface area contributed by atoms with Gasteiger partial charge in [-0.05, 0) is 37.0 Å². The summed E-state index contributed by atoms with van der Waals surface area (Å²) < 4.78 is 27.3. The molecule has 0 spiro atoms. The number of sulfonamides is 1. The summed E-state index contributed by atoms with van der Waals surface area (Å²) in [6, 6.07) is 7.30. The van der Waals surface area contributed by atoms with Crippen LogP contribution >= 0.6 is 0 Å². The van der Waals surface area contributed by atoms with E-state index in [0.717, 1.165) is 5.56 Å². The third kappa shape index (κ3) is 3.30. The van der Waals surface area contributed by atoms with Gasteiger partial charge >= 0.3 is 0 Å². The lowest BCUT2D eigenvalue weighted by Gasteiger charge is -2.41. The van der Waals surface area contributed by atoms with E-state index in [2.05, 4.69) is 26.1 Å². The van der Waals surface area contributed by atoms with Crippen molar-refractivity contribution in [3.8, 4) is 0 Å². The first-order chi connectivity index (χ1) is 9.55. The van der Waals surface area contributed by atoms with Gasteiger partial charge in [-0.1, -0.05) is 32.9 Å². The van der Waals surface area contributed by atoms with E-state index in [-0.39, 0.29) is 5.41 Å². The van der Waals surface area contributed by atoms with Gasteiger partial charge in [0.05, 0.1) is 4.90 Å². The Hall–Kier alpha value is -0.910. The predicted octanol–water partition coefficient (Wildman–Crippen LogP) is 2.36. The Kier molecular flexibility index (Phi) is 4.21. The summed E-state index contributed by atoms with van der Waals surface area (Å²) in [5.41, 5.74) is 0.761. The van der Waals surface area contributed by atoms with Gasteiger partial charge < -0.3 is 5.32 Å². The highest BCUT2D eigenvalue weighted by Gasteiger charge is 2.38. The van der Waals surface area contributed by atoms with Crippen molar-refractivity contribution in [1.29, 1.82) is 0 Å². The van der Waals surface area contributed by atoms with Gasteiger partial charge in [0.15, 0.2) is 0 Å². The van der Waals surface area contributed by atoms with Crippen LogP contribution in [0.25, 0.3) is 0 Å². The Bertz CT molecular complexity index is 598. The minimum absolute atomic E-state index is 0.0244. The summed E-state index contributed by atoms with van der Waals surface area (Å²) in [4.78, 5) is 0.380. The van der Waals surface area contributed by atoms with Crippen LogP contribution < -0.4 is 5.32 Å². The van der Waals surface area contributed by atoms with Gasteiger partial charge in [0.25, 0.3) is 0 Å². The summed E-state index contributed by atoms with van der Waals surface area (Å²) in [6.07, 6.45) is 0. The molecule has 1 saturated heterocycles. The van der Waals surface area contributed by atoms with E-state index >= 15 is 0 Å². The van der Waals surface area contributed by atoms with E-state index in [1.54, 1.807) is 16.4 Å². The lowest BCUT2D eigenvalue weighted by Crippen LogP contribution is -2.59. The molecule has 0 aliphatic carbocycles. The van der Waals surface area contributed by atoms with Crippen molar-refractivity contribution < 1.29 is 8.42 Å². The molecule has 2 rings (SSSR count). The summed E-state index contributed by atoms with van der Waals surface area (Å²) in [5, 5.41) is 3.25. The smallest absolute Gasteiger partial charge is 0.243 e. The maximum Gasteiger partial charge on any atom is 0.243 e. The normalized spacial score (nSPS) is 20.4. The molecule has 1 aromatic rings. The molecule has 1 aromatic carbocycles. The lowest BCUT2D eigenvalue weighted by molar-refractivity contribution is 0.186. The maximum absolute atomic E-state index is 12.9. The average molecular weight is 310 g/mol. The molecule has 4 nitrogen and oxygen atoms in total. The maximum atomic E-state index is 12.9. The molecule has 1 aliphatic rings. The molecule has 1 N–H and O–H groups in total. The van der Waals surface area contributed by atoms with Gasteiger partial charge in [0, 0.05) is 25.2 Å². The van der Waals surface area contributed by atoms with Gasteiger partial charge in [0.1, 0.15) is 0 Å². The minimum atomic E-state index is -3.44. The highest BCUT2D eigenvalue weighted by atomic mass is 32.2. The molecule has 118 valence electrons. The third-order valence-electron chi connectivity index (χ3n) is 4.03. The molecule has 21 heavy (non-hydrogen) atoms. The van der Waals surface area contributed by atoms with Crippen LogP contribution in [0.15, 0.2) is 29.2 Å². The van der Waals surface area contributed by atoms with E-state index in [0.29, 0.717) is 24.5 Å². The lowest BCUT2D eigenvalue weighted by atomic mass is 9.87. The van der Waals surface area contributed by atoms with Gasteiger partial charge in [-0.2, -0.15) is 4.31 Å². The molecule has 0 radical (unpaired) electrons. The van der Waals surface area contributed by atoms with Crippen LogP contribution in [0.3, 0.4) is 0 Å². The second-order valence-electron chi connectivity index (χ2n) is 7.34. The minimum Gasteiger partial charge on any atom is -0.314 e. The molecular weight excluding hydrogens is 284 g/mol. The van der Waals surface area contributed by atoms with E-state index in [9.17, 15) is 8.42 Å². The van der Waals surface area contributed by atoms with Crippen molar-refractivity contribution in [2.24, 2.45) is 0 Å². The first-order valence-electron chi connectivity index (χ1n) is 7.39. The van der Waals surface area contributed by atoms with E-state index in [1.165, 1.54) is 0 Å². The Morgan fingerprint density at radius 1 is 1.14 bits per heavy atom. The van der Waals surface area contributed by atoms with Crippen LogP contribution in [-0.4, -0.2) is 37.9 Å². The molecule has 0 bridgehead atoms. The van der Waals surface area contributed by atoms with Gasteiger partial charge in [-0.15, -0.1) is 0 Å². The second-order valence-corrected chi connectivity index (χ2v) is 9.20. The number of nitrogens with zero attached hydrogens (tertiary/aromatic N) is 1. The zero-order valence-corrected chi connectivity index (χ0v) is 14.4. The number of hydrogen-bond acceptors (Lipinski definition) is 3. The standard InChI is InChI=1S/C16H26N2O2S/c1-15(2,3)13-6-8-14(9-7-13)21(19,20)18-11-10-17-12-16(18,4)5/h6-9,17H,10-12H2,1-5H3. The Morgan fingerprint density at radius 3 is 2.19 bits per heavy atom. The fourth-order valence-corrected chi connectivity index (χ4v) is 4.45. The summed E-state index contributed by atoms with van der Waals surface area (Å²) >= 11 is 0. The highest BCUT2D eigenvalue weighted by molar-refractivity contribution is 7.89. The molecule has 0 aromatic heterocycles. The SMILES string of the molecule is CC(C)(C)c1ccc(S(=O)(=O)N2CCNCC2(C)C)cc1. The second kappa shape index (κ2) is 5.38. The van der Waals surface area contributed by atoms with Crippen LogP contribution in [-0.2, 0) is 15.4 Å². The molecule has 1 fully saturated rings. The Labute approximate surface area is 128 Å². The third-order valence-corrected chi connectivity index (χ3v) is 6.16. The fourth-order valence-electron chi connectivity index (χ4n) is 2.67. The van der Waals surface area contributed by atoms with Gasteiger partial charge in [0.2, 0.25) is 10.0 Å². The first kappa shape index (κ1) is 16.5. The molecule has 0 saturated carbocycles. The highest BCUT2D eigenvalue weighted by Crippen LogP contribution is 2.28. The number of nitrogens with one attached hydrogen (secondary N) is 1. The Balaban J connectivity index is 2.36. The Morgan fingerprint density at radius 2 is 1.71 bits per heavy atom. The number of benzene rings is 1. The molecule has 1 heterocycles. The number of piperazine rings is 1. The van der Waals surface area contributed by atoms with Crippen molar-refractivity contribution in [1.82, 2.24) is 9.62 Å². The van der Waals surface area contributed by atoms with Crippen molar-refractivity contribution in [3.63, 3.8) is 0 Å². The summed E-state index contributed by atoms with van der Waals surface area (Å²) in [5.74, 6) is 0. The average Bonchev–Trinajstić information content (AvgIpc) is 2.37. The van der Waals surface area contributed by atoms with Crippen molar-refractivity contribution in [2.45, 2.75) is 50.5 Å². The van der Waals surface area contributed by atoms with Crippen LogP contribution in [0.5, 0.6) is 0 Å². The van der Waals surface area contributed by atoms with Crippen LogP contribution in [0.4, 0.5) is 0 Å². The first-order valence-corrected chi connectivity index (χ1v) is 8.83. The molecule has 0 atom stereocenters. The van der Waals surface area contributed by atoms with Gasteiger partial charge in [-0.3, -0.25) is 0 Å². The van der Waals surface area contributed by atoms with E-state index in [1.807, 2.05) is 26.0 Å². The summed E-state index contributed by atoms with van der Waals surface area (Å²) in [6.45, 7) is 12.2. The zero-order valence-electron chi connectivity index (χ0n) is 13.6. The van der Waals surface area contributed by atoms with Crippen molar-refractivity contribution >= 4 is 10.0 Å². The van der Waals surface area contributed by atoms with Crippen LogP contribution in [0, 0.1) is 0 Å². The molecule has 0 unspecified atom stereocenters. The largest absolute Gasteiger partial charge is 0.314 e. The molecule has 5 heteroatoms. The monoisotopic (exact) mass is 310 g/mol. The zero-order chi connectivity index (χ0) is 15.9. The summed E-state index contributed by atoms with van der Waals surface area (Å²) in [7, 11) is -3.44. The van der Waals surface area contributed by atoms with Crippen LogP contribution in [0.2, 0.25) is 0 Å². The van der Waals surface area contributed by atoms with Crippen LogP contribution in [0.1, 0.15) is 40.2 Å². The predicted molar refractivity (Wildman–Crippen MR) is 86.0 cm³/mol. The van der Waals surface area contributed by atoms with E-state index in [4.69, 9.17) is 0 Å². The van der Waals surface area contributed by atoms with Gasteiger partial charge in [-0.25, -0.2) is 8.42 Å². The topological polar surface area (TPSA) is 49.4 Å². The number of hydrogen-bond donors (Lipinski definition) is 1.